The van der Waals surface area contributed by atoms with Gasteiger partial charge in [0.15, 0.2) is 0 Å². The van der Waals surface area contributed by atoms with Gasteiger partial charge in [0.05, 0.1) is 10.9 Å². The van der Waals surface area contributed by atoms with Crippen molar-refractivity contribution in [3.63, 3.8) is 0 Å². The zero-order valence-electron chi connectivity index (χ0n) is 20.0. The van der Waals surface area contributed by atoms with Crippen molar-refractivity contribution in [1.82, 2.24) is 9.21 Å². The Labute approximate surface area is 197 Å². The molecule has 2 aromatic rings. The summed E-state index contributed by atoms with van der Waals surface area (Å²) in [5.41, 5.74) is 1.24. The van der Waals surface area contributed by atoms with Crippen LogP contribution in [0.3, 0.4) is 0 Å². The number of carbonyl (C=O) groups excluding carboxylic acids is 1. The molecule has 1 heterocycles. The quantitative estimate of drug-likeness (QED) is 0.534. The van der Waals surface area contributed by atoms with Gasteiger partial charge in [0, 0.05) is 31.9 Å². The molecular weight excluding hydrogens is 438 g/mol. The summed E-state index contributed by atoms with van der Waals surface area (Å²) in [7, 11) is -3.62. The molecule has 1 fully saturated rings. The van der Waals surface area contributed by atoms with Gasteiger partial charge in [-0.2, -0.15) is 4.31 Å². The van der Waals surface area contributed by atoms with Crippen molar-refractivity contribution >= 4 is 21.8 Å². The van der Waals surface area contributed by atoms with Gasteiger partial charge in [-0.15, -0.1) is 0 Å². The van der Waals surface area contributed by atoms with Gasteiger partial charge in [0.25, 0.3) is 0 Å². The molecule has 180 valence electrons. The van der Waals surface area contributed by atoms with Crippen molar-refractivity contribution in [1.29, 1.82) is 0 Å². The maximum Gasteiger partial charge on any atom is 0.410 e. The molecule has 0 bridgehead atoms. The molecule has 2 aromatic carbocycles. The molecule has 0 saturated carbocycles. The van der Waals surface area contributed by atoms with Crippen molar-refractivity contribution in [3.05, 3.63) is 60.2 Å². The summed E-state index contributed by atoms with van der Waals surface area (Å²) in [6.45, 7) is 9.31. The number of nitrogens with zero attached hydrogens (tertiary/aromatic N) is 2. The smallest absolute Gasteiger partial charge is 0.410 e. The number of benzene rings is 2. The van der Waals surface area contributed by atoms with Crippen molar-refractivity contribution in [2.45, 2.75) is 63.6 Å². The normalized spacial score (nSPS) is 15.0. The third-order valence-electron chi connectivity index (χ3n) is 5.44. The number of hydrogen-bond donors (Lipinski definition) is 1. The van der Waals surface area contributed by atoms with E-state index >= 15 is 0 Å². The lowest BCUT2D eigenvalue weighted by Crippen LogP contribution is -2.62. The van der Waals surface area contributed by atoms with Crippen molar-refractivity contribution < 1.29 is 17.9 Å². The van der Waals surface area contributed by atoms with Gasteiger partial charge >= 0.3 is 6.09 Å². The van der Waals surface area contributed by atoms with E-state index < -0.39 is 21.7 Å². The van der Waals surface area contributed by atoms with E-state index in [-0.39, 0.29) is 24.0 Å². The number of sulfonamides is 1. The average molecular weight is 474 g/mol. The maximum absolute atomic E-state index is 13.1. The Hall–Kier alpha value is -2.58. The third-order valence-corrected chi connectivity index (χ3v) is 7.29. The Kier molecular flexibility index (Phi) is 8.02. The van der Waals surface area contributed by atoms with E-state index in [4.69, 9.17) is 4.74 Å². The Morgan fingerprint density at radius 2 is 1.73 bits per heavy atom. The number of rotatable bonds is 9. The zero-order chi connectivity index (χ0) is 24.1. The van der Waals surface area contributed by atoms with E-state index in [1.165, 1.54) is 4.31 Å². The molecule has 7 nitrogen and oxygen atoms in total. The van der Waals surface area contributed by atoms with Crippen LogP contribution in [0.4, 0.5) is 10.5 Å². The number of anilines is 1. The van der Waals surface area contributed by atoms with Crippen LogP contribution in [0.15, 0.2) is 59.5 Å². The molecule has 0 unspecified atom stereocenters. The SMILES string of the molecule is CCCCNc1ccc(S(=O)(=O)N2CC(N(Cc3ccccc3)C(=O)OC(C)(C)C)C2)cc1. The van der Waals surface area contributed by atoms with E-state index in [1.807, 2.05) is 51.1 Å². The first kappa shape index (κ1) is 25.1. The van der Waals surface area contributed by atoms with Crippen LogP contribution in [0, 0.1) is 0 Å². The topological polar surface area (TPSA) is 79.0 Å². The molecule has 1 aliphatic rings. The van der Waals surface area contributed by atoms with Gasteiger partial charge < -0.3 is 10.1 Å². The molecule has 1 amide bonds. The second-order valence-electron chi connectivity index (χ2n) is 9.37. The van der Waals surface area contributed by atoms with E-state index in [2.05, 4.69) is 12.2 Å². The maximum atomic E-state index is 13.1. The lowest BCUT2D eigenvalue weighted by atomic mass is 10.1. The minimum absolute atomic E-state index is 0.241. The first-order chi connectivity index (χ1) is 15.6. The second kappa shape index (κ2) is 10.6. The number of ether oxygens (including phenoxy) is 1. The zero-order valence-corrected chi connectivity index (χ0v) is 20.8. The molecule has 0 atom stereocenters. The molecule has 0 spiro atoms. The number of nitrogens with one attached hydrogen (secondary N) is 1. The van der Waals surface area contributed by atoms with Crippen LogP contribution in [-0.4, -0.2) is 55.0 Å². The molecule has 3 rings (SSSR count). The molecule has 0 aliphatic carbocycles. The van der Waals surface area contributed by atoms with Crippen LogP contribution in [-0.2, 0) is 21.3 Å². The number of carbonyl (C=O) groups is 1. The fraction of sp³-hybridized carbons (Fsp3) is 0.480. The van der Waals surface area contributed by atoms with E-state index in [9.17, 15) is 13.2 Å². The summed E-state index contributed by atoms with van der Waals surface area (Å²) >= 11 is 0. The van der Waals surface area contributed by atoms with E-state index in [1.54, 1.807) is 29.2 Å². The summed E-state index contributed by atoms with van der Waals surface area (Å²) in [6.07, 6.45) is 1.72. The van der Waals surface area contributed by atoms with Crippen LogP contribution in [0.2, 0.25) is 0 Å². The summed E-state index contributed by atoms with van der Waals surface area (Å²) in [6, 6.07) is 16.3. The van der Waals surface area contributed by atoms with E-state index in [0.717, 1.165) is 30.6 Å². The lowest BCUT2D eigenvalue weighted by molar-refractivity contribution is -0.00151. The van der Waals surface area contributed by atoms with Gasteiger partial charge in [-0.25, -0.2) is 13.2 Å². The molecule has 1 N–H and O–H groups in total. The summed E-state index contributed by atoms with van der Waals surface area (Å²) < 4.78 is 33.2. The van der Waals surface area contributed by atoms with Crippen LogP contribution < -0.4 is 5.32 Å². The first-order valence-corrected chi connectivity index (χ1v) is 12.9. The van der Waals surface area contributed by atoms with Crippen molar-refractivity contribution in [3.8, 4) is 0 Å². The summed E-state index contributed by atoms with van der Waals surface area (Å²) in [5.74, 6) is 0. The van der Waals surface area contributed by atoms with Crippen LogP contribution >= 0.6 is 0 Å². The third kappa shape index (κ3) is 6.71. The van der Waals surface area contributed by atoms with Gasteiger partial charge in [0.1, 0.15) is 5.60 Å². The van der Waals surface area contributed by atoms with Crippen molar-refractivity contribution in [2.75, 3.05) is 25.0 Å². The molecule has 8 heteroatoms. The Morgan fingerprint density at radius 1 is 1.09 bits per heavy atom. The van der Waals surface area contributed by atoms with Gasteiger partial charge in [-0.05, 0) is 57.0 Å². The number of hydrogen-bond acceptors (Lipinski definition) is 5. The monoisotopic (exact) mass is 473 g/mol. The fourth-order valence-electron chi connectivity index (χ4n) is 3.56. The van der Waals surface area contributed by atoms with Crippen LogP contribution in [0.25, 0.3) is 0 Å². The number of amides is 1. The molecule has 1 aliphatic heterocycles. The van der Waals surface area contributed by atoms with Crippen LogP contribution in [0.5, 0.6) is 0 Å². The Bertz CT molecular complexity index is 1010. The lowest BCUT2D eigenvalue weighted by Gasteiger charge is -2.44. The summed E-state index contributed by atoms with van der Waals surface area (Å²) in [5, 5.41) is 3.29. The molecule has 0 radical (unpaired) electrons. The summed E-state index contributed by atoms with van der Waals surface area (Å²) in [4.78, 5) is 14.8. The van der Waals surface area contributed by atoms with E-state index in [0.29, 0.717) is 6.54 Å². The highest BCUT2D eigenvalue weighted by molar-refractivity contribution is 7.89. The Morgan fingerprint density at radius 3 is 2.30 bits per heavy atom. The molecule has 0 aromatic heterocycles. The van der Waals surface area contributed by atoms with Crippen LogP contribution in [0.1, 0.15) is 46.1 Å². The highest BCUT2D eigenvalue weighted by Crippen LogP contribution is 2.27. The minimum Gasteiger partial charge on any atom is -0.444 e. The van der Waals surface area contributed by atoms with Gasteiger partial charge in [-0.3, -0.25) is 4.90 Å². The minimum atomic E-state index is -3.62. The van der Waals surface area contributed by atoms with Crippen molar-refractivity contribution in [2.24, 2.45) is 0 Å². The highest BCUT2D eigenvalue weighted by atomic mass is 32.2. The highest BCUT2D eigenvalue weighted by Gasteiger charge is 2.42. The number of unbranched alkanes of at least 4 members (excludes halogenated alkanes) is 1. The largest absolute Gasteiger partial charge is 0.444 e. The molecule has 1 saturated heterocycles. The first-order valence-electron chi connectivity index (χ1n) is 11.5. The van der Waals surface area contributed by atoms with Gasteiger partial charge in [0.2, 0.25) is 10.0 Å². The predicted octanol–water partition coefficient (Wildman–Crippen LogP) is 4.71. The molecular formula is C25H35N3O4S. The Balaban J connectivity index is 1.67. The predicted molar refractivity (Wildman–Crippen MR) is 131 cm³/mol. The molecule has 33 heavy (non-hydrogen) atoms. The second-order valence-corrected chi connectivity index (χ2v) is 11.3. The van der Waals surface area contributed by atoms with Gasteiger partial charge in [-0.1, -0.05) is 43.7 Å². The average Bonchev–Trinajstić information content (AvgIpc) is 2.72. The standard InChI is InChI=1S/C25H35N3O4S/c1-5-6-16-26-21-12-14-23(15-13-21)33(30,31)27-18-22(19-27)28(24(29)32-25(2,3)4)17-20-10-8-7-9-11-20/h7-15,22,26H,5-6,16-19H2,1-4H3. The fourth-order valence-corrected chi connectivity index (χ4v) is 5.07.